The fourth-order valence-corrected chi connectivity index (χ4v) is 1.44. The predicted octanol–water partition coefficient (Wildman–Crippen LogP) is 1.67. The Morgan fingerprint density at radius 1 is 1.50 bits per heavy atom. The van der Waals surface area contributed by atoms with Crippen LogP contribution in [0.5, 0.6) is 5.75 Å². The highest BCUT2D eigenvalue weighted by molar-refractivity contribution is 5.73. The standard InChI is InChI=1S/C11H12F3NO3/c1-18-9-3-2-6(5-8(15)10(16)17)4-7(9)11(12,13)14/h2-4,8H,5,15H2,1H3,(H,16,17)/t8-/m1/s1. The quantitative estimate of drug-likeness (QED) is 0.866. The number of methoxy groups -OCH3 is 1. The van der Waals surface area contributed by atoms with Crippen LogP contribution >= 0.6 is 0 Å². The van der Waals surface area contributed by atoms with Crippen LogP contribution < -0.4 is 10.5 Å². The van der Waals surface area contributed by atoms with E-state index in [0.717, 1.165) is 19.2 Å². The van der Waals surface area contributed by atoms with Crippen molar-refractivity contribution in [3.05, 3.63) is 29.3 Å². The number of alkyl halides is 3. The van der Waals surface area contributed by atoms with Gasteiger partial charge in [-0.3, -0.25) is 4.79 Å². The molecule has 0 aliphatic carbocycles. The number of ether oxygens (including phenoxy) is 1. The summed E-state index contributed by atoms with van der Waals surface area (Å²) in [6.07, 6.45) is -4.74. The van der Waals surface area contributed by atoms with E-state index in [9.17, 15) is 18.0 Å². The Morgan fingerprint density at radius 3 is 2.56 bits per heavy atom. The van der Waals surface area contributed by atoms with E-state index in [2.05, 4.69) is 4.74 Å². The molecule has 0 unspecified atom stereocenters. The van der Waals surface area contributed by atoms with Gasteiger partial charge in [0.15, 0.2) is 0 Å². The van der Waals surface area contributed by atoms with Gasteiger partial charge in [-0.05, 0) is 24.1 Å². The highest BCUT2D eigenvalue weighted by atomic mass is 19.4. The number of benzene rings is 1. The molecule has 0 aliphatic rings. The van der Waals surface area contributed by atoms with Crippen molar-refractivity contribution in [1.29, 1.82) is 0 Å². The van der Waals surface area contributed by atoms with Crippen molar-refractivity contribution in [2.75, 3.05) is 7.11 Å². The monoisotopic (exact) mass is 263 g/mol. The van der Waals surface area contributed by atoms with Crippen molar-refractivity contribution < 1.29 is 27.8 Å². The zero-order chi connectivity index (χ0) is 13.9. The van der Waals surface area contributed by atoms with Crippen molar-refractivity contribution in [1.82, 2.24) is 0 Å². The molecule has 0 fully saturated rings. The molecule has 18 heavy (non-hydrogen) atoms. The minimum Gasteiger partial charge on any atom is -0.496 e. The lowest BCUT2D eigenvalue weighted by atomic mass is 10.0. The Balaban J connectivity index is 3.07. The van der Waals surface area contributed by atoms with Gasteiger partial charge in [0, 0.05) is 0 Å². The first-order chi connectivity index (χ1) is 8.25. The first kappa shape index (κ1) is 14.3. The Morgan fingerprint density at radius 2 is 2.11 bits per heavy atom. The van der Waals surface area contributed by atoms with Crippen LogP contribution in [0, 0.1) is 0 Å². The van der Waals surface area contributed by atoms with E-state index in [1.807, 2.05) is 0 Å². The van der Waals surface area contributed by atoms with Gasteiger partial charge in [0.05, 0.1) is 12.7 Å². The highest BCUT2D eigenvalue weighted by Crippen LogP contribution is 2.36. The van der Waals surface area contributed by atoms with Gasteiger partial charge < -0.3 is 15.6 Å². The van der Waals surface area contributed by atoms with Gasteiger partial charge in [-0.15, -0.1) is 0 Å². The lowest BCUT2D eigenvalue weighted by Crippen LogP contribution is -2.32. The van der Waals surface area contributed by atoms with Gasteiger partial charge in [-0.1, -0.05) is 6.07 Å². The molecule has 0 aliphatic heterocycles. The zero-order valence-corrected chi connectivity index (χ0v) is 9.49. The SMILES string of the molecule is COc1ccc(C[C@@H](N)C(=O)O)cc1C(F)(F)F. The Bertz CT molecular complexity index is 446. The number of rotatable bonds is 4. The van der Waals surface area contributed by atoms with Crippen LogP contribution in [0.1, 0.15) is 11.1 Å². The molecule has 0 aromatic heterocycles. The molecule has 1 aromatic carbocycles. The molecule has 0 saturated heterocycles. The molecule has 0 spiro atoms. The number of hydrogen-bond acceptors (Lipinski definition) is 3. The van der Waals surface area contributed by atoms with Gasteiger partial charge in [-0.25, -0.2) is 0 Å². The van der Waals surface area contributed by atoms with E-state index >= 15 is 0 Å². The number of aliphatic carboxylic acids is 1. The summed E-state index contributed by atoms with van der Waals surface area (Å²) in [7, 11) is 1.13. The lowest BCUT2D eigenvalue weighted by molar-refractivity contribution is -0.139. The second kappa shape index (κ2) is 5.26. The third kappa shape index (κ3) is 3.36. The Labute approximate surface area is 101 Å². The molecule has 0 saturated carbocycles. The molecule has 0 heterocycles. The highest BCUT2D eigenvalue weighted by Gasteiger charge is 2.34. The van der Waals surface area contributed by atoms with E-state index in [-0.39, 0.29) is 17.7 Å². The van der Waals surface area contributed by atoms with Crippen molar-refractivity contribution in [2.24, 2.45) is 5.73 Å². The second-order valence-electron chi connectivity index (χ2n) is 3.68. The third-order valence-corrected chi connectivity index (χ3v) is 2.34. The zero-order valence-electron chi connectivity index (χ0n) is 9.49. The number of nitrogens with two attached hydrogens (primary N) is 1. The van der Waals surface area contributed by atoms with E-state index in [1.54, 1.807) is 0 Å². The third-order valence-electron chi connectivity index (χ3n) is 2.34. The second-order valence-corrected chi connectivity index (χ2v) is 3.68. The van der Waals surface area contributed by atoms with Crippen molar-refractivity contribution in [3.63, 3.8) is 0 Å². The summed E-state index contributed by atoms with van der Waals surface area (Å²) in [6, 6.07) is 2.12. The summed E-state index contributed by atoms with van der Waals surface area (Å²) in [6.45, 7) is 0. The lowest BCUT2D eigenvalue weighted by Gasteiger charge is -2.14. The molecule has 4 nitrogen and oxygen atoms in total. The van der Waals surface area contributed by atoms with Crippen LogP contribution in [-0.4, -0.2) is 24.2 Å². The van der Waals surface area contributed by atoms with Crippen LogP contribution in [0.4, 0.5) is 13.2 Å². The Hall–Kier alpha value is -1.76. The topological polar surface area (TPSA) is 72.5 Å². The fraction of sp³-hybridized carbons (Fsp3) is 0.364. The van der Waals surface area contributed by atoms with E-state index in [0.29, 0.717) is 0 Å². The molecule has 1 atom stereocenters. The van der Waals surface area contributed by atoms with Crippen LogP contribution in [0.15, 0.2) is 18.2 Å². The molecule has 0 radical (unpaired) electrons. The molecule has 100 valence electrons. The molecule has 3 N–H and O–H groups in total. The first-order valence-electron chi connectivity index (χ1n) is 4.98. The van der Waals surface area contributed by atoms with Gasteiger partial charge in [0.2, 0.25) is 0 Å². The first-order valence-corrected chi connectivity index (χ1v) is 4.98. The smallest absolute Gasteiger partial charge is 0.419 e. The van der Waals surface area contributed by atoms with Gasteiger partial charge >= 0.3 is 12.1 Å². The maximum absolute atomic E-state index is 12.7. The minimum absolute atomic E-state index is 0.178. The summed E-state index contributed by atoms with van der Waals surface area (Å²) in [5, 5.41) is 8.60. The van der Waals surface area contributed by atoms with Crippen molar-refractivity contribution in [3.8, 4) is 5.75 Å². The largest absolute Gasteiger partial charge is 0.496 e. The molecular weight excluding hydrogens is 251 g/mol. The molecule has 1 aromatic rings. The predicted molar refractivity (Wildman–Crippen MR) is 57.3 cm³/mol. The maximum atomic E-state index is 12.7. The average Bonchev–Trinajstić information content (AvgIpc) is 2.27. The van der Waals surface area contributed by atoms with Crippen molar-refractivity contribution in [2.45, 2.75) is 18.6 Å². The van der Waals surface area contributed by atoms with E-state index < -0.39 is 23.8 Å². The fourth-order valence-electron chi connectivity index (χ4n) is 1.44. The van der Waals surface area contributed by atoms with Crippen LogP contribution in [0.3, 0.4) is 0 Å². The summed E-state index contributed by atoms with van der Waals surface area (Å²) in [5.41, 5.74) is 4.51. The normalized spacial score (nSPS) is 13.2. The minimum atomic E-state index is -4.56. The van der Waals surface area contributed by atoms with Gasteiger partial charge in [-0.2, -0.15) is 13.2 Å². The van der Waals surface area contributed by atoms with Crippen LogP contribution in [0.25, 0.3) is 0 Å². The van der Waals surface area contributed by atoms with E-state index in [1.165, 1.54) is 6.07 Å². The molecule has 1 rings (SSSR count). The van der Waals surface area contributed by atoms with Gasteiger partial charge in [0.25, 0.3) is 0 Å². The van der Waals surface area contributed by atoms with Gasteiger partial charge in [0.1, 0.15) is 11.8 Å². The van der Waals surface area contributed by atoms with E-state index in [4.69, 9.17) is 10.8 Å². The molecule has 0 bridgehead atoms. The molecular formula is C11H12F3NO3. The number of halogens is 3. The molecule has 0 amide bonds. The number of carboxylic acids is 1. The molecule has 7 heteroatoms. The van der Waals surface area contributed by atoms with Crippen molar-refractivity contribution >= 4 is 5.97 Å². The Kier molecular flexibility index (Phi) is 4.18. The number of hydrogen-bond donors (Lipinski definition) is 2. The number of carboxylic acid groups (broad SMARTS) is 1. The summed E-state index contributed by atoms with van der Waals surface area (Å²) in [4.78, 5) is 10.5. The average molecular weight is 263 g/mol. The van der Waals surface area contributed by atoms with Crippen LogP contribution in [-0.2, 0) is 17.4 Å². The summed E-state index contributed by atoms with van der Waals surface area (Å²) in [5.74, 6) is -1.57. The summed E-state index contributed by atoms with van der Waals surface area (Å²) >= 11 is 0. The number of carbonyl (C=O) groups is 1. The summed E-state index contributed by atoms with van der Waals surface area (Å²) < 4.78 is 42.7. The van der Waals surface area contributed by atoms with Crippen LogP contribution in [0.2, 0.25) is 0 Å². The maximum Gasteiger partial charge on any atom is 0.419 e.